The number of hydrogen-bond acceptors (Lipinski definition) is 5. The summed E-state index contributed by atoms with van der Waals surface area (Å²) in [6, 6.07) is -2.04. The number of hydrogen-bond donors (Lipinski definition) is 3. The fraction of sp³-hybridized carbons (Fsp3) is 0.818. The second-order valence-corrected chi connectivity index (χ2v) is 6.99. The standard InChI is InChI=1S/C11H22N2O5S/c1-4-7(2)9(12)10(14)13-8(11(15)16)5-6-19(3,17)18/h7-9H,4-6,12H2,1-3H3,(H,13,14)(H,15,16)/t7-,8?,9-/m0/s1. The Labute approximate surface area is 113 Å². The summed E-state index contributed by atoms with van der Waals surface area (Å²) in [7, 11) is -3.28. The molecule has 0 saturated heterocycles. The van der Waals surface area contributed by atoms with Crippen LogP contribution in [0.2, 0.25) is 0 Å². The molecule has 19 heavy (non-hydrogen) atoms. The number of nitrogens with two attached hydrogens (primary N) is 1. The summed E-state index contributed by atoms with van der Waals surface area (Å²) in [5.74, 6) is -2.23. The SMILES string of the molecule is CC[C@H](C)[C@H](N)C(=O)NC(CCS(C)(=O)=O)C(=O)O. The lowest BCUT2D eigenvalue weighted by Gasteiger charge is -2.21. The second-order valence-electron chi connectivity index (χ2n) is 4.73. The van der Waals surface area contributed by atoms with Gasteiger partial charge in [-0.1, -0.05) is 20.3 Å². The van der Waals surface area contributed by atoms with Crippen molar-refractivity contribution in [3.63, 3.8) is 0 Å². The largest absolute Gasteiger partial charge is 0.480 e. The average molecular weight is 294 g/mol. The molecule has 7 nitrogen and oxygen atoms in total. The molecule has 4 N–H and O–H groups in total. The van der Waals surface area contributed by atoms with E-state index >= 15 is 0 Å². The van der Waals surface area contributed by atoms with Crippen LogP contribution in [0.15, 0.2) is 0 Å². The van der Waals surface area contributed by atoms with Crippen molar-refractivity contribution in [3.8, 4) is 0 Å². The fourth-order valence-electron chi connectivity index (χ4n) is 1.37. The van der Waals surface area contributed by atoms with Gasteiger partial charge in [-0.2, -0.15) is 0 Å². The molecule has 8 heteroatoms. The van der Waals surface area contributed by atoms with Crippen LogP contribution in [-0.2, 0) is 19.4 Å². The second kappa shape index (κ2) is 7.44. The molecule has 0 aliphatic rings. The van der Waals surface area contributed by atoms with Crippen molar-refractivity contribution >= 4 is 21.7 Å². The zero-order chi connectivity index (χ0) is 15.2. The van der Waals surface area contributed by atoms with Crippen LogP contribution < -0.4 is 11.1 Å². The maximum Gasteiger partial charge on any atom is 0.326 e. The number of carbonyl (C=O) groups is 2. The van der Waals surface area contributed by atoms with E-state index in [1.54, 1.807) is 6.92 Å². The highest BCUT2D eigenvalue weighted by Crippen LogP contribution is 2.06. The number of aliphatic carboxylic acids is 1. The van der Waals surface area contributed by atoms with Gasteiger partial charge in [-0.3, -0.25) is 4.79 Å². The lowest BCUT2D eigenvalue weighted by molar-refractivity contribution is -0.142. The quantitative estimate of drug-likeness (QED) is 0.547. The van der Waals surface area contributed by atoms with Crippen LogP contribution in [0.3, 0.4) is 0 Å². The summed E-state index contributed by atoms with van der Waals surface area (Å²) in [5.41, 5.74) is 5.68. The minimum atomic E-state index is -3.28. The monoisotopic (exact) mass is 294 g/mol. The van der Waals surface area contributed by atoms with Gasteiger partial charge in [0.1, 0.15) is 15.9 Å². The highest BCUT2D eigenvalue weighted by molar-refractivity contribution is 7.90. The Morgan fingerprint density at radius 3 is 2.26 bits per heavy atom. The van der Waals surface area contributed by atoms with Gasteiger partial charge in [0.15, 0.2) is 0 Å². The van der Waals surface area contributed by atoms with Crippen LogP contribution in [0.1, 0.15) is 26.7 Å². The predicted octanol–water partition coefficient (Wildman–Crippen LogP) is -0.636. The first kappa shape index (κ1) is 17.8. The van der Waals surface area contributed by atoms with E-state index in [4.69, 9.17) is 10.8 Å². The summed E-state index contributed by atoms with van der Waals surface area (Å²) in [6.07, 6.45) is 1.53. The van der Waals surface area contributed by atoms with Gasteiger partial charge in [0.2, 0.25) is 5.91 Å². The number of carboxylic acids is 1. The summed E-state index contributed by atoms with van der Waals surface area (Å²) >= 11 is 0. The van der Waals surface area contributed by atoms with Crippen molar-refractivity contribution in [2.45, 2.75) is 38.8 Å². The maximum absolute atomic E-state index is 11.7. The summed E-state index contributed by atoms with van der Waals surface area (Å²) in [4.78, 5) is 22.7. The number of sulfone groups is 1. The third-order valence-corrected chi connectivity index (χ3v) is 3.93. The molecule has 0 aromatic carbocycles. The van der Waals surface area contributed by atoms with Crippen LogP contribution in [0, 0.1) is 5.92 Å². The summed E-state index contributed by atoms with van der Waals surface area (Å²) in [5, 5.41) is 11.2. The molecule has 0 aromatic heterocycles. The Kier molecular flexibility index (Phi) is 6.99. The molecule has 1 amide bonds. The van der Waals surface area contributed by atoms with Crippen molar-refractivity contribution in [1.82, 2.24) is 5.32 Å². The minimum absolute atomic E-state index is 0.0793. The topological polar surface area (TPSA) is 127 Å². The van der Waals surface area contributed by atoms with E-state index in [-0.39, 0.29) is 18.1 Å². The molecule has 0 rings (SSSR count). The Morgan fingerprint density at radius 2 is 1.89 bits per heavy atom. The van der Waals surface area contributed by atoms with Gasteiger partial charge in [-0.05, 0) is 12.3 Å². The third kappa shape index (κ3) is 7.12. The van der Waals surface area contributed by atoms with Crippen molar-refractivity contribution in [1.29, 1.82) is 0 Å². The molecule has 3 atom stereocenters. The normalized spacial score (nSPS) is 16.4. The smallest absolute Gasteiger partial charge is 0.326 e. The van der Waals surface area contributed by atoms with Gasteiger partial charge in [-0.25, -0.2) is 13.2 Å². The van der Waals surface area contributed by atoms with E-state index < -0.39 is 33.8 Å². The van der Waals surface area contributed by atoms with E-state index in [1.807, 2.05) is 6.92 Å². The van der Waals surface area contributed by atoms with Crippen molar-refractivity contribution < 1.29 is 23.1 Å². The summed E-state index contributed by atoms with van der Waals surface area (Å²) in [6.45, 7) is 3.66. The molecule has 0 radical (unpaired) electrons. The molecular formula is C11H22N2O5S. The Balaban J connectivity index is 4.59. The van der Waals surface area contributed by atoms with E-state index in [2.05, 4.69) is 5.32 Å². The van der Waals surface area contributed by atoms with Crippen LogP contribution in [-0.4, -0.2) is 49.5 Å². The Bertz CT molecular complexity index is 421. The minimum Gasteiger partial charge on any atom is -0.480 e. The first-order chi connectivity index (χ1) is 8.58. The highest BCUT2D eigenvalue weighted by atomic mass is 32.2. The lowest BCUT2D eigenvalue weighted by Crippen LogP contribution is -2.51. The molecule has 0 aliphatic carbocycles. The molecule has 0 spiro atoms. The molecule has 0 fully saturated rings. The number of carboxylic acid groups (broad SMARTS) is 1. The number of nitrogens with one attached hydrogen (secondary N) is 1. The van der Waals surface area contributed by atoms with Gasteiger partial charge in [0.05, 0.1) is 11.8 Å². The van der Waals surface area contributed by atoms with Crippen molar-refractivity contribution in [2.24, 2.45) is 11.7 Å². The van der Waals surface area contributed by atoms with Gasteiger partial charge in [-0.15, -0.1) is 0 Å². The Hall–Kier alpha value is -1.15. The van der Waals surface area contributed by atoms with Crippen molar-refractivity contribution in [2.75, 3.05) is 12.0 Å². The van der Waals surface area contributed by atoms with Crippen LogP contribution in [0.4, 0.5) is 0 Å². The van der Waals surface area contributed by atoms with E-state index in [0.717, 1.165) is 6.26 Å². The predicted molar refractivity (Wildman–Crippen MR) is 71.3 cm³/mol. The lowest BCUT2D eigenvalue weighted by atomic mass is 9.99. The van der Waals surface area contributed by atoms with Gasteiger partial charge in [0.25, 0.3) is 0 Å². The van der Waals surface area contributed by atoms with Crippen LogP contribution in [0.25, 0.3) is 0 Å². The molecule has 1 unspecified atom stereocenters. The number of amides is 1. The zero-order valence-electron chi connectivity index (χ0n) is 11.4. The van der Waals surface area contributed by atoms with Crippen LogP contribution in [0.5, 0.6) is 0 Å². The van der Waals surface area contributed by atoms with Crippen molar-refractivity contribution in [3.05, 3.63) is 0 Å². The van der Waals surface area contributed by atoms with Gasteiger partial charge >= 0.3 is 5.97 Å². The molecule has 0 bridgehead atoms. The number of rotatable bonds is 8. The molecule has 0 aliphatic heterocycles. The third-order valence-electron chi connectivity index (χ3n) is 2.95. The molecule has 0 saturated carbocycles. The van der Waals surface area contributed by atoms with Crippen LogP contribution >= 0.6 is 0 Å². The molecule has 0 heterocycles. The van der Waals surface area contributed by atoms with Gasteiger partial charge < -0.3 is 16.2 Å². The highest BCUT2D eigenvalue weighted by Gasteiger charge is 2.26. The first-order valence-electron chi connectivity index (χ1n) is 6.05. The van der Waals surface area contributed by atoms with E-state index in [1.165, 1.54) is 0 Å². The molecular weight excluding hydrogens is 272 g/mol. The average Bonchev–Trinajstić information content (AvgIpc) is 2.30. The fourth-order valence-corrected chi connectivity index (χ4v) is 2.03. The first-order valence-corrected chi connectivity index (χ1v) is 8.11. The van der Waals surface area contributed by atoms with E-state index in [9.17, 15) is 18.0 Å². The van der Waals surface area contributed by atoms with E-state index in [0.29, 0.717) is 6.42 Å². The zero-order valence-corrected chi connectivity index (χ0v) is 12.2. The summed E-state index contributed by atoms with van der Waals surface area (Å²) < 4.78 is 22.0. The Morgan fingerprint density at radius 1 is 1.37 bits per heavy atom. The number of carbonyl (C=O) groups excluding carboxylic acids is 1. The maximum atomic E-state index is 11.7. The molecule has 0 aromatic rings. The van der Waals surface area contributed by atoms with Gasteiger partial charge in [0, 0.05) is 6.26 Å². The molecule has 112 valence electrons.